The summed E-state index contributed by atoms with van der Waals surface area (Å²) in [6, 6.07) is 3.08. The fourth-order valence-electron chi connectivity index (χ4n) is 2.94. The molecule has 0 aromatic heterocycles. The van der Waals surface area contributed by atoms with Crippen LogP contribution in [0.15, 0.2) is 22.1 Å². The molecule has 30 heavy (non-hydrogen) atoms. The number of ether oxygens (including phenoxy) is 2. The van der Waals surface area contributed by atoms with Crippen molar-refractivity contribution < 1.29 is 9.47 Å². The van der Waals surface area contributed by atoms with Gasteiger partial charge in [0.1, 0.15) is 32.1 Å². The molecular weight excluding hydrogens is 560 g/mol. The molecule has 0 saturated carbocycles. The minimum absolute atomic E-state index is 0.0371. The van der Waals surface area contributed by atoms with Gasteiger partial charge in [0, 0.05) is 12.1 Å². The topological polar surface area (TPSA) is 43.2 Å². The van der Waals surface area contributed by atoms with E-state index >= 15 is 0 Å². The van der Waals surface area contributed by atoms with Crippen LogP contribution in [0.5, 0.6) is 23.0 Å². The summed E-state index contributed by atoms with van der Waals surface area (Å²) in [5, 5.41) is 1.44. The van der Waals surface area contributed by atoms with Crippen LogP contribution in [0.25, 0.3) is 0 Å². The second kappa shape index (κ2) is 7.36. The highest BCUT2D eigenvalue weighted by atomic mass is 35.5. The van der Waals surface area contributed by atoms with Crippen molar-refractivity contribution in [3.8, 4) is 23.0 Å². The van der Waals surface area contributed by atoms with Gasteiger partial charge in [0.2, 0.25) is 0 Å². The monoisotopic (exact) mass is 558 g/mol. The Kier molecular flexibility index (Phi) is 5.16. The molecule has 0 amide bonds. The van der Waals surface area contributed by atoms with Crippen LogP contribution in [-0.2, 0) is 0 Å². The number of hydrogen-bond acceptors (Lipinski definition) is 4. The summed E-state index contributed by atoms with van der Waals surface area (Å²) in [6.07, 6.45) is 0. The first-order chi connectivity index (χ1) is 14.2. The van der Waals surface area contributed by atoms with Gasteiger partial charge in [-0.1, -0.05) is 92.8 Å². The molecule has 0 saturated heterocycles. The summed E-state index contributed by atoms with van der Waals surface area (Å²) in [6.45, 7) is 0. The van der Waals surface area contributed by atoms with Gasteiger partial charge in [0.15, 0.2) is 23.0 Å². The summed E-state index contributed by atoms with van der Waals surface area (Å²) < 4.78 is 11.8. The number of benzene rings is 3. The molecular formula is C18H2Cl8N2O2. The van der Waals surface area contributed by atoms with Crippen LogP contribution in [0.4, 0.5) is 11.4 Å². The van der Waals surface area contributed by atoms with Crippen LogP contribution in [-0.4, -0.2) is 0 Å². The third-order valence-electron chi connectivity index (χ3n) is 4.32. The Hall–Kier alpha value is -0.820. The lowest BCUT2D eigenvalue weighted by Crippen LogP contribution is -2.20. The van der Waals surface area contributed by atoms with Gasteiger partial charge in [0.05, 0.1) is 30.1 Å². The maximum atomic E-state index is 6.57. The molecule has 0 fully saturated rings. The number of nitrogens with zero attached hydrogens (tertiary/aromatic N) is 2. The van der Waals surface area contributed by atoms with Crippen molar-refractivity contribution in [2.75, 3.05) is 0 Å². The lowest BCUT2D eigenvalue weighted by molar-refractivity contribution is 0.451. The largest absolute Gasteiger partial charge is 0.453 e. The zero-order chi connectivity index (χ0) is 21.5. The van der Waals surface area contributed by atoms with E-state index in [-0.39, 0.29) is 68.4 Å². The number of hydrogen-bond donors (Lipinski definition) is 0. The lowest BCUT2D eigenvalue weighted by atomic mass is 10.2. The summed E-state index contributed by atoms with van der Waals surface area (Å²) in [5.74, 6) is 0.923. The number of fused-ring (bicyclic) bond motifs is 4. The molecule has 2 aliphatic rings. The first-order valence-electron chi connectivity index (χ1n) is 7.88. The Bertz CT molecular complexity index is 1440. The summed E-state index contributed by atoms with van der Waals surface area (Å²) in [5.41, 5.74) is 0.495. The van der Waals surface area contributed by atoms with E-state index < -0.39 is 0 Å². The van der Waals surface area contributed by atoms with Crippen LogP contribution in [0.2, 0.25) is 40.2 Å². The van der Waals surface area contributed by atoms with Crippen molar-refractivity contribution in [2.24, 2.45) is 9.98 Å². The Balaban J connectivity index is 1.81. The predicted molar refractivity (Wildman–Crippen MR) is 121 cm³/mol. The second-order valence-corrected chi connectivity index (χ2v) is 9.13. The second-order valence-electron chi connectivity index (χ2n) is 6.08. The summed E-state index contributed by atoms with van der Waals surface area (Å²) >= 11 is 49.8. The van der Waals surface area contributed by atoms with Crippen LogP contribution < -0.4 is 20.2 Å². The SMILES string of the molecule is Clc1cc2c(c(Cl)c1Cl)N=c1c(cc3c(c1Cl)Oc1c(Cl)c(Cl)c(Cl)c(Cl)c1N=3)O2. The molecule has 4 nitrogen and oxygen atoms in total. The highest BCUT2D eigenvalue weighted by Gasteiger charge is 2.29. The minimum atomic E-state index is 0.0371. The molecule has 0 spiro atoms. The molecule has 2 heterocycles. The van der Waals surface area contributed by atoms with E-state index in [1.807, 2.05) is 0 Å². The summed E-state index contributed by atoms with van der Waals surface area (Å²) in [7, 11) is 0. The fourth-order valence-corrected chi connectivity index (χ4v) is 4.74. The Morgan fingerprint density at radius 1 is 0.533 bits per heavy atom. The van der Waals surface area contributed by atoms with Gasteiger partial charge in [-0.05, 0) is 0 Å². The van der Waals surface area contributed by atoms with Crippen molar-refractivity contribution in [3.63, 3.8) is 0 Å². The van der Waals surface area contributed by atoms with Gasteiger partial charge in [-0.15, -0.1) is 0 Å². The van der Waals surface area contributed by atoms with E-state index in [1.165, 1.54) is 6.07 Å². The number of halogens is 8. The van der Waals surface area contributed by atoms with Crippen LogP contribution in [0, 0.1) is 0 Å². The van der Waals surface area contributed by atoms with Crippen LogP contribution in [0.1, 0.15) is 0 Å². The van der Waals surface area contributed by atoms with E-state index in [4.69, 9.17) is 102 Å². The molecule has 0 atom stereocenters. The first-order valence-corrected chi connectivity index (χ1v) is 10.9. The average molecular weight is 562 g/mol. The smallest absolute Gasteiger partial charge is 0.174 e. The van der Waals surface area contributed by atoms with Crippen molar-refractivity contribution >= 4 is 104 Å². The Labute approximate surface area is 208 Å². The van der Waals surface area contributed by atoms with E-state index in [2.05, 4.69) is 9.98 Å². The van der Waals surface area contributed by atoms with Gasteiger partial charge >= 0.3 is 0 Å². The maximum absolute atomic E-state index is 6.57. The van der Waals surface area contributed by atoms with Gasteiger partial charge in [-0.2, -0.15) is 0 Å². The normalized spacial score (nSPS) is 13.1. The Morgan fingerprint density at radius 2 is 1.20 bits per heavy atom. The predicted octanol–water partition coefficient (Wildman–Crippen LogP) is 9.03. The highest BCUT2D eigenvalue weighted by molar-refractivity contribution is 6.53. The molecule has 3 aromatic rings. The van der Waals surface area contributed by atoms with Gasteiger partial charge < -0.3 is 9.47 Å². The molecule has 152 valence electrons. The van der Waals surface area contributed by atoms with Crippen molar-refractivity contribution in [1.82, 2.24) is 0 Å². The molecule has 12 heteroatoms. The zero-order valence-electron chi connectivity index (χ0n) is 13.9. The van der Waals surface area contributed by atoms with Gasteiger partial charge in [-0.3, -0.25) is 0 Å². The lowest BCUT2D eigenvalue weighted by Gasteiger charge is -2.21. The van der Waals surface area contributed by atoms with Crippen LogP contribution >= 0.6 is 92.8 Å². The third kappa shape index (κ3) is 2.97. The molecule has 2 aliphatic heterocycles. The molecule has 0 radical (unpaired) electrons. The maximum Gasteiger partial charge on any atom is 0.174 e. The molecule has 3 aromatic carbocycles. The quantitative estimate of drug-likeness (QED) is 0.140. The molecule has 0 N–H and O–H groups in total. The molecule has 0 unspecified atom stereocenters. The van der Waals surface area contributed by atoms with Gasteiger partial charge in [-0.25, -0.2) is 9.98 Å². The zero-order valence-corrected chi connectivity index (χ0v) is 19.9. The van der Waals surface area contributed by atoms with Crippen molar-refractivity contribution in [2.45, 2.75) is 0 Å². The van der Waals surface area contributed by atoms with Crippen molar-refractivity contribution in [3.05, 3.63) is 63.0 Å². The van der Waals surface area contributed by atoms with Crippen molar-refractivity contribution in [1.29, 1.82) is 0 Å². The summed E-state index contributed by atoms with van der Waals surface area (Å²) in [4.78, 5) is 8.97. The molecule has 0 bridgehead atoms. The fraction of sp³-hybridized carbons (Fsp3) is 0. The van der Waals surface area contributed by atoms with E-state index in [0.717, 1.165) is 0 Å². The first kappa shape index (κ1) is 21.0. The highest BCUT2D eigenvalue weighted by Crippen LogP contribution is 2.53. The minimum Gasteiger partial charge on any atom is -0.453 e. The standard InChI is InChI=1S/C18H2Cl8N2O2/c19-3-1-5-14(10(23)7(3)20)28-15-6(29-5)2-4-17(13(15)26)30-18-12(25)9(22)8(21)11(24)16(18)27-4/h1-2H. The van der Waals surface area contributed by atoms with E-state index in [9.17, 15) is 0 Å². The third-order valence-corrected chi connectivity index (χ3v) is 7.70. The Morgan fingerprint density at radius 3 is 1.93 bits per heavy atom. The van der Waals surface area contributed by atoms with E-state index in [0.29, 0.717) is 16.9 Å². The van der Waals surface area contributed by atoms with E-state index in [1.54, 1.807) is 6.07 Å². The average Bonchev–Trinajstić information content (AvgIpc) is 2.73. The van der Waals surface area contributed by atoms with Crippen LogP contribution in [0.3, 0.4) is 0 Å². The van der Waals surface area contributed by atoms with Gasteiger partial charge in [0.25, 0.3) is 0 Å². The molecule has 0 aliphatic carbocycles. The number of rotatable bonds is 0. The molecule has 5 rings (SSSR count).